The molecular formula is C20H26ClN3O2. The number of rotatable bonds is 7. The molecule has 2 heterocycles. The molecule has 3 rings (SSSR count). The summed E-state index contributed by atoms with van der Waals surface area (Å²) in [4.78, 5) is 21.4. The first-order chi connectivity index (χ1) is 12.6. The average Bonchev–Trinajstić information content (AvgIpc) is 2.99. The normalized spacial score (nSPS) is 18.2. The third-order valence-corrected chi connectivity index (χ3v) is 5.35. The number of carboxylic acids is 1. The zero-order chi connectivity index (χ0) is 18.5. The number of likely N-dealkylation sites (tertiary alicyclic amines) is 1. The first-order valence-electron chi connectivity index (χ1n) is 9.35. The molecule has 1 aliphatic heterocycles. The second-order valence-electron chi connectivity index (χ2n) is 7.06. The maximum atomic E-state index is 11.2. The highest BCUT2D eigenvalue weighted by atomic mass is 35.5. The number of imidazole rings is 1. The van der Waals surface area contributed by atoms with Crippen LogP contribution in [0.2, 0.25) is 5.15 Å². The maximum absolute atomic E-state index is 11.2. The van der Waals surface area contributed by atoms with E-state index in [1.165, 1.54) is 0 Å². The molecule has 1 aromatic heterocycles. The summed E-state index contributed by atoms with van der Waals surface area (Å²) in [6.45, 7) is 4.85. The largest absolute Gasteiger partial charge is 0.478 e. The molecule has 0 aliphatic carbocycles. The van der Waals surface area contributed by atoms with Gasteiger partial charge in [-0.05, 0) is 49.4 Å². The Kier molecular flexibility index (Phi) is 6.33. The molecule has 5 nitrogen and oxygen atoms in total. The van der Waals surface area contributed by atoms with Gasteiger partial charge in [-0.15, -0.1) is 0 Å². The molecular weight excluding hydrogens is 350 g/mol. The van der Waals surface area contributed by atoms with Gasteiger partial charge in [-0.3, -0.25) is 4.90 Å². The SMILES string of the molecule is CCCCc1nc(Cl)c(CN2CCC[C@@H](c3cccc(C(=O)O)c3)C2)[nH]1. The van der Waals surface area contributed by atoms with Crippen molar-refractivity contribution in [2.24, 2.45) is 0 Å². The number of benzene rings is 1. The number of aromatic carboxylic acids is 1. The predicted octanol–water partition coefficient (Wildman–Crippen LogP) is 4.48. The van der Waals surface area contributed by atoms with Crippen LogP contribution in [0.15, 0.2) is 24.3 Å². The van der Waals surface area contributed by atoms with E-state index in [2.05, 4.69) is 21.8 Å². The standard InChI is InChI=1S/C20H26ClN3O2/c1-2-3-9-18-22-17(19(21)23-18)13-24-10-5-8-16(12-24)14-6-4-7-15(11-14)20(25)26/h4,6-7,11,16H,2-3,5,8-10,12-13H2,1H3,(H,22,23)(H,25,26)/t16-/m1/s1. The number of hydrogen-bond donors (Lipinski definition) is 2. The van der Waals surface area contributed by atoms with Crippen molar-refractivity contribution < 1.29 is 9.90 Å². The molecule has 1 saturated heterocycles. The van der Waals surface area contributed by atoms with Crippen LogP contribution in [0.1, 0.15) is 66.0 Å². The van der Waals surface area contributed by atoms with Crippen LogP contribution in [0.25, 0.3) is 0 Å². The number of aryl methyl sites for hydroxylation is 1. The van der Waals surface area contributed by atoms with Crippen LogP contribution in [0.5, 0.6) is 0 Å². The number of carbonyl (C=O) groups is 1. The number of hydrogen-bond acceptors (Lipinski definition) is 3. The number of nitrogens with zero attached hydrogens (tertiary/aromatic N) is 2. The maximum Gasteiger partial charge on any atom is 0.335 e. The zero-order valence-electron chi connectivity index (χ0n) is 15.2. The van der Waals surface area contributed by atoms with Crippen LogP contribution in [0.3, 0.4) is 0 Å². The number of halogens is 1. The minimum atomic E-state index is -0.872. The molecule has 140 valence electrons. The summed E-state index contributed by atoms with van der Waals surface area (Å²) in [6, 6.07) is 7.33. The third kappa shape index (κ3) is 4.65. The molecule has 0 unspecified atom stereocenters. The zero-order valence-corrected chi connectivity index (χ0v) is 15.9. The van der Waals surface area contributed by atoms with Crippen molar-refractivity contribution in [2.75, 3.05) is 13.1 Å². The number of aromatic nitrogens is 2. The Morgan fingerprint density at radius 1 is 1.46 bits per heavy atom. The first-order valence-corrected chi connectivity index (χ1v) is 9.73. The van der Waals surface area contributed by atoms with E-state index in [0.717, 1.165) is 68.8 Å². The fourth-order valence-corrected chi connectivity index (χ4v) is 3.84. The molecule has 0 saturated carbocycles. The lowest BCUT2D eigenvalue weighted by Crippen LogP contribution is -2.34. The molecule has 0 bridgehead atoms. The van der Waals surface area contributed by atoms with Crippen LogP contribution >= 0.6 is 11.6 Å². The van der Waals surface area contributed by atoms with E-state index in [1.54, 1.807) is 6.07 Å². The van der Waals surface area contributed by atoms with E-state index < -0.39 is 5.97 Å². The van der Waals surface area contributed by atoms with Crippen LogP contribution in [-0.2, 0) is 13.0 Å². The molecule has 6 heteroatoms. The molecule has 1 atom stereocenters. The highest BCUT2D eigenvalue weighted by molar-refractivity contribution is 6.30. The number of unbranched alkanes of at least 4 members (excludes halogenated alkanes) is 1. The van der Waals surface area contributed by atoms with E-state index in [4.69, 9.17) is 11.6 Å². The summed E-state index contributed by atoms with van der Waals surface area (Å²) < 4.78 is 0. The van der Waals surface area contributed by atoms with Crippen LogP contribution in [-0.4, -0.2) is 39.0 Å². The lowest BCUT2D eigenvalue weighted by atomic mass is 9.89. The molecule has 0 amide bonds. The van der Waals surface area contributed by atoms with E-state index in [1.807, 2.05) is 18.2 Å². The number of piperidine rings is 1. The minimum absolute atomic E-state index is 0.351. The molecule has 2 N–H and O–H groups in total. The van der Waals surface area contributed by atoms with E-state index in [9.17, 15) is 9.90 Å². The highest BCUT2D eigenvalue weighted by Gasteiger charge is 2.23. The fourth-order valence-electron chi connectivity index (χ4n) is 3.63. The van der Waals surface area contributed by atoms with Gasteiger partial charge in [-0.2, -0.15) is 0 Å². The number of nitrogens with one attached hydrogen (secondary N) is 1. The van der Waals surface area contributed by atoms with E-state index in [0.29, 0.717) is 16.6 Å². The Morgan fingerprint density at radius 2 is 2.31 bits per heavy atom. The Bertz CT molecular complexity index is 759. The molecule has 26 heavy (non-hydrogen) atoms. The van der Waals surface area contributed by atoms with Crippen molar-refractivity contribution in [1.29, 1.82) is 0 Å². The monoisotopic (exact) mass is 375 g/mol. The van der Waals surface area contributed by atoms with Crippen molar-refractivity contribution in [2.45, 2.75) is 51.5 Å². The number of aromatic amines is 1. The number of carboxylic acid groups (broad SMARTS) is 1. The van der Waals surface area contributed by atoms with Gasteiger partial charge >= 0.3 is 5.97 Å². The van der Waals surface area contributed by atoms with Crippen molar-refractivity contribution in [3.05, 3.63) is 52.1 Å². The Hall–Kier alpha value is -1.85. The lowest BCUT2D eigenvalue weighted by Gasteiger charge is -2.32. The molecule has 0 radical (unpaired) electrons. The highest BCUT2D eigenvalue weighted by Crippen LogP contribution is 2.29. The molecule has 0 spiro atoms. The van der Waals surface area contributed by atoms with Gasteiger partial charge in [-0.1, -0.05) is 37.1 Å². The second kappa shape index (κ2) is 8.69. The van der Waals surface area contributed by atoms with Crippen molar-refractivity contribution in [3.8, 4) is 0 Å². The average molecular weight is 376 g/mol. The summed E-state index contributed by atoms with van der Waals surface area (Å²) in [5.74, 6) is 0.447. The predicted molar refractivity (Wildman–Crippen MR) is 103 cm³/mol. The van der Waals surface area contributed by atoms with Gasteiger partial charge in [0, 0.05) is 19.5 Å². The number of H-pyrrole nitrogens is 1. The van der Waals surface area contributed by atoms with Crippen molar-refractivity contribution in [3.63, 3.8) is 0 Å². The van der Waals surface area contributed by atoms with Crippen LogP contribution in [0.4, 0.5) is 0 Å². The van der Waals surface area contributed by atoms with Crippen molar-refractivity contribution in [1.82, 2.24) is 14.9 Å². The van der Waals surface area contributed by atoms with Gasteiger partial charge in [-0.25, -0.2) is 9.78 Å². The van der Waals surface area contributed by atoms with Gasteiger partial charge in [0.25, 0.3) is 0 Å². The summed E-state index contributed by atoms with van der Waals surface area (Å²) in [5, 5.41) is 9.79. The third-order valence-electron chi connectivity index (χ3n) is 5.04. The molecule has 2 aromatic rings. The lowest BCUT2D eigenvalue weighted by molar-refractivity contribution is 0.0696. The van der Waals surface area contributed by atoms with Crippen LogP contribution in [0, 0.1) is 0 Å². The Balaban J connectivity index is 1.66. The van der Waals surface area contributed by atoms with Gasteiger partial charge in [0.2, 0.25) is 0 Å². The Morgan fingerprint density at radius 3 is 3.08 bits per heavy atom. The summed E-state index contributed by atoms with van der Waals surface area (Å²) in [7, 11) is 0. The molecule has 1 aromatic carbocycles. The van der Waals surface area contributed by atoms with Gasteiger partial charge in [0.15, 0.2) is 5.15 Å². The summed E-state index contributed by atoms with van der Waals surface area (Å²) in [5.41, 5.74) is 2.45. The summed E-state index contributed by atoms with van der Waals surface area (Å²) >= 11 is 6.32. The fraction of sp³-hybridized carbons (Fsp3) is 0.500. The van der Waals surface area contributed by atoms with Gasteiger partial charge in [0.1, 0.15) is 5.82 Å². The van der Waals surface area contributed by atoms with Gasteiger partial charge < -0.3 is 10.1 Å². The Labute approximate surface area is 159 Å². The van der Waals surface area contributed by atoms with E-state index >= 15 is 0 Å². The smallest absolute Gasteiger partial charge is 0.335 e. The molecule has 1 aliphatic rings. The topological polar surface area (TPSA) is 69.2 Å². The second-order valence-corrected chi connectivity index (χ2v) is 7.42. The first kappa shape index (κ1) is 18.9. The quantitative estimate of drug-likeness (QED) is 0.748. The van der Waals surface area contributed by atoms with Gasteiger partial charge in [0.05, 0.1) is 11.3 Å². The summed E-state index contributed by atoms with van der Waals surface area (Å²) in [6.07, 6.45) is 5.35. The van der Waals surface area contributed by atoms with Crippen LogP contribution < -0.4 is 0 Å². The van der Waals surface area contributed by atoms with E-state index in [-0.39, 0.29) is 0 Å². The molecule has 1 fully saturated rings. The van der Waals surface area contributed by atoms with Crippen molar-refractivity contribution >= 4 is 17.6 Å². The minimum Gasteiger partial charge on any atom is -0.478 e.